The van der Waals surface area contributed by atoms with Crippen molar-refractivity contribution in [2.24, 2.45) is 0 Å². The predicted molar refractivity (Wildman–Crippen MR) is 103 cm³/mol. The number of H-pyrrole nitrogens is 1. The van der Waals surface area contributed by atoms with E-state index in [1.165, 1.54) is 25.3 Å². The molecule has 1 saturated heterocycles. The van der Waals surface area contributed by atoms with Gasteiger partial charge in [0.1, 0.15) is 11.3 Å². The molecule has 10 heteroatoms. The minimum absolute atomic E-state index is 0.252. The summed E-state index contributed by atoms with van der Waals surface area (Å²) in [6, 6.07) is 11.0. The molecule has 1 aliphatic rings. The Labute approximate surface area is 173 Å². The minimum Gasteiger partial charge on any atom is -0.406 e. The number of ketones is 1. The van der Waals surface area contributed by atoms with Gasteiger partial charge in [0.05, 0.1) is 6.54 Å². The van der Waals surface area contributed by atoms with Crippen molar-refractivity contribution in [3.05, 3.63) is 65.9 Å². The molecular formula is C21H16F3N3O4. The predicted octanol–water partition coefficient (Wildman–Crippen LogP) is 3.72. The number of nitrogens with one attached hydrogen (secondary N) is 2. The van der Waals surface area contributed by atoms with E-state index in [2.05, 4.69) is 15.0 Å². The average Bonchev–Trinajstić information content (AvgIpc) is 3.23. The lowest BCUT2D eigenvalue weighted by Gasteiger charge is -2.22. The fraction of sp³-hybridized carbons (Fsp3) is 0.190. The lowest BCUT2D eigenvalue weighted by atomic mass is 9.92. The molecule has 3 amide bonds. The third-order valence-electron chi connectivity index (χ3n) is 5.13. The molecule has 2 heterocycles. The third kappa shape index (κ3) is 3.72. The molecule has 31 heavy (non-hydrogen) atoms. The standard InChI is InChI=1S/C21H16F3N3O4/c1-20(12-6-8-13(9-7-12)31-21(22,23)24)18(29)27(19(30)26-20)11-17(28)15-10-25-16-5-3-2-4-14(15)16/h2-10,25H,11H2,1H3,(H,26,30). The summed E-state index contributed by atoms with van der Waals surface area (Å²) in [5, 5.41) is 3.19. The van der Waals surface area contributed by atoms with Crippen LogP contribution in [0.1, 0.15) is 22.8 Å². The first kappa shape index (κ1) is 20.5. The normalized spacial score (nSPS) is 19.0. The van der Waals surface area contributed by atoms with E-state index < -0.39 is 41.9 Å². The molecule has 1 aliphatic heterocycles. The number of urea groups is 1. The summed E-state index contributed by atoms with van der Waals surface area (Å²) < 4.78 is 40.9. The van der Waals surface area contributed by atoms with Gasteiger partial charge in [0.15, 0.2) is 5.78 Å². The van der Waals surface area contributed by atoms with Gasteiger partial charge in [-0.3, -0.25) is 14.5 Å². The van der Waals surface area contributed by atoms with Gasteiger partial charge in [0.2, 0.25) is 0 Å². The molecule has 2 aromatic carbocycles. The van der Waals surface area contributed by atoms with E-state index in [1.54, 1.807) is 24.3 Å². The molecule has 160 valence electrons. The van der Waals surface area contributed by atoms with Crippen molar-refractivity contribution >= 4 is 28.6 Å². The number of hydrogen-bond acceptors (Lipinski definition) is 4. The van der Waals surface area contributed by atoms with Gasteiger partial charge in [0.25, 0.3) is 5.91 Å². The van der Waals surface area contributed by atoms with Gasteiger partial charge in [0, 0.05) is 22.7 Å². The maximum atomic E-state index is 13.0. The zero-order valence-electron chi connectivity index (χ0n) is 16.1. The second-order valence-electron chi connectivity index (χ2n) is 7.19. The number of ether oxygens (including phenoxy) is 1. The SMILES string of the molecule is CC1(c2ccc(OC(F)(F)F)cc2)NC(=O)N(CC(=O)c2c[nH]c3ccccc23)C1=O. The first-order chi connectivity index (χ1) is 14.6. The Hall–Kier alpha value is -3.82. The van der Waals surface area contributed by atoms with Crippen LogP contribution in [0.2, 0.25) is 0 Å². The van der Waals surface area contributed by atoms with E-state index in [1.807, 2.05) is 0 Å². The van der Waals surface area contributed by atoms with Crippen LogP contribution in [0.3, 0.4) is 0 Å². The summed E-state index contributed by atoms with van der Waals surface area (Å²) in [7, 11) is 0. The Morgan fingerprint density at radius 1 is 1.10 bits per heavy atom. The Kier molecular flexibility index (Phi) is 4.72. The number of para-hydroxylation sites is 1. The summed E-state index contributed by atoms with van der Waals surface area (Å²) in [4.78, 5) is 42.0. The fourth-order valence-corrected chi connectivity index (χ4v) is 3.56. The average molecular weight is 431 g/mol. The Morgan fingerprint density at radius 3 is 2.45 bits per heavy atom. The van der Waals surface area contributed by atoms with E-state index in [4.69, 9.17) is 0 Å². The number of nitrogens with zero attached hydrogens (tertiary/aromatic N) is 1. The van der Waals surface area contributed by atoms with Gasteiger partial charge in [-0.15, -0.1) is 13.2 Å². The number of rotatable bonds is 5. The number of fused-ring (bicyclic) bond motifs is 1. The number of aromatic nitrogens is 1. The molecule has 4 rings (SSSR count). The fourth-order valence-electron chi connectivity index (χ4n) is 3.56. The number of Topliss-reactive ketones (excluding diaryl/α,β-unsaturated/α-hetero) is 1. The highest BCUT2D eigenvalue weighted by Gasteiger charge is 2.49. The van der Waals surface area contributed by atoms with E-state index in [-0.39, 0.29) is 5.56 Å². The number of aromatic amines is 1. The molecule has 2 N–H and O–H groups in total. The molecule has 1 fully saturated rings. The summed E-state index contributed by atoms with van der Waals surface area (Å²) in [6.07, 6.45) is -3.33. The van der Waals surface area contributed by atoms with Crippen molar-refractivity contribution in [3.63, 3.8) is 0 Å². The zero-order chi connectivity index (χ0) is 22.4. The smallest absolute Gasteiger partial charge is 0.406 e. The topological polar surface area (TPSA) is 91.5 Å². The molecule has 0 saturated carbocycles. The van der Waals surface area contributed by atoms with Crippen LogP contribution < -0.4 is 10.1 Å². The largest absolute Gasteiger partial charge is 0.573 e. The highest BCUT2D eigenvalue weighted by atomic mass is 19.4. The lowest BCUT2D eigenvalue weighted by Crippen LogP contribution is -2.41. The summed E-state index contributed by atoms with van der Waals surface area (Å²) >= 11 is 0. The van der Waals surface area contributed by atoms with Crippen LogP contribution >= 0.6 is 0 Å². The maximum Gasteiger partial charge on any atom is 0.573 e. The minimum atomic E-state index is -4.84. The Morgan fingerprint density at radius 2 is 1.77 bits per heavy atom. The number of halogens is 3. The maximum absolute atomic E-state index is 13.0. The lowest BCUT2D eigenvalue weighted by molar-refractivity contribution is -0.274. The van der Waals surface area contributed by atoms with Gasteiger partial charge in [-0.2, -0.15) is 0 Å². The van der Waals surface area contributed by atoms with Crippen LogP contribution in [0, 0.1) is 0 Å². The quantitative estimate of drug-likeness (QED) is 0.476. The number of hydrogen-bond donors (Lipinski definition) is 2. The molecule has 0 aliphatic carbocycles. The number of amides is 3. The molecule has 1 unspecified atom stereocenters. The molecule has 0 bridgehead atoms. The summed E-state index contributed by atoms with van der Waals surface area (Å²) in [5.74, 6) is -1.57. The Balaban J connectivity index is 1.55. The molecule has 0 radical (unpaired) electrons. The van der Waals surface area contributed by atoms with Crippen LogP contribution in [0.25, 0.3) is 10.9 Å². The summed E-state index contributed by atoms with van der Waals surface area (Å²) in [5.41, 5.74) is -0.191. The van der Waals surface area contributed by atoms with Gasteiger partial charge < -0.3 is 15.0 Å². The second-order valence-corrected chi connectivity index (χ2v) is 7.19. The van der Waals surface area contributed by atoms with Gasteiger partial charge >= 0.3 is 12.4 Å². The van der Waals surface area contributed by atoms with Crippen molar-refractivity contribution in [1.29, 1.82) is 0 Å². The molecule has 1 aromatic heterocycles. The molecule has 0 spiro atoms. The second kappa shape index (κ2) is 7.15. The molecule has 3 aromatic rings. The van der Waals surface area contributed by atoms with Crippen LogP contribution in [-0.2, 0) is 10.3 Å². The first-order valence-electron chi connectivity index (χ1n) is 9.18. The van der Waals surface area contributed by atoms with Gasteiger partial charge in [-0.1, -0.05) is 30.3 Å². The van der Waals surface area contributed by atoms with Crippen molar-refractivity contribution in [2.75, 3.05) is 6.54 Å². The van der Waals surface area contributed by atoms with E-state index >= 15 is 0 Å². The zero-order valence-corrected chi connectivity index (χ0v) is 16.1. The highest BCUT2D eigenvalue weighted by molar-refractivity contribution is 6.14. The van der Waals surface area contributed by atoms with Crippen molar-refractivity contribution in [1.82, 2.24) is 15.2 Å². The van der Waals surface area contributed by atoms with Crippen molar-refractivity contribution < 1.29 is 32.3 Å². The molecular weight excluding hydrogens is 415 g/mol. The number of carbonyl (C=O) groups is 3. The Bertz CT molecular complexity index is 1190. The van der Waals surface area contributed by atoms with E-state index in [0.717, 1.165) is 22.5 Å². The summed E-state index contributed by atoms with van der Waals surface area (Å²) in [6.45, 7) is 0.945. The van der Waals surface area contributed by atoms with Crippen molar-refractivity contribution in [2.45, 2.75) is 18.8 Å². The number of imide groups is 1. The number of carbonyl (C=O) groups excluding carboxylic acids is 3. The van der Waals surface area contributed by atoms with Crippen LogP contribution in [0.5, 0.6) is 5.75 Å². The monoisotopic (exact) mass is 431 g/mol. The number of alkyl halides is 3. The van der Waals surface area contributed by atoms with Crippen LogP contribution in [0.4, 0.5) is 18.0 Å². The highest BCUT2D eigenvalue weighted by Crippen LogP contribution is 2.31. The third-order valence-corrected chi connectivity index (χ3v) is 5.13. The van der Waals surface area contributed by atoms with Gasteiger partial charge in [-0.25, -0.2) is 4.79 Å². The number of benzene rings is 2. The van der Waals surface area contributed by atoms with E-state index in [0.29, 0.717) is 10.9 Å². The van der Waals surface area contributed by atoms with Crippen LogP contribution in [0.15, 0.2) is 54.7 Å². The van der Waals surface area contributed by atoms with Crippen LogP contribution in [-0.4, -0.2) is 40.5 Å². The van der Waals surface area contributed by atoms with E-state index in [9.17, 15) is 27.6 Å². The molecule has 7 nitrogen and oxygen atoms in total. The first-order valence-corrected chi connectivity index (χ1v) is 9.18. The molecule has 1 atom stereocenters. The van der Waals surface area contributed by atoms with Gasteiger partial charge in [-0.05, 0) is 30.7 Å². The van der Waals surface area contributed by atoms with Crippen molar-refractivity contribution in [3.8, 4) is 5.75 Å².